The summed E-state index contributed by atoms with van der Waals surface area (Å²) < 4.78 is 36.2. The van der Waals surface area contributed by atoms with Crippen molar-refractivity contribution in [1.29, 1.82) is 0 Å². The molecule has 7 heteroatoms. The van der Waals surface area contributed by atoms with Crippen LogP contribution in [-0.4, -0.2) is 81.6 Å². The largest absolute Gasteiger partial charge is 0.394 e. The quantitative estimate of drug-likeness (QED) is 0.157. The zero-order valence-electron chi connectivity index (χ0n) is 23.0. The van der Waals surface area contributed by atoms with E-state index in [1.54, 1.807) is 7.11 Å². The van der Waals surface area contributed by atoms with Crippen molar-refractivity contribution in [2.24, 2.45) is 0 Å². The molecule has 0 aromatic carbocycles. The fourth-order valence-corrected chi connectivity index (χ4v) is 4.78. The van der Waals surface area contributed by atoms with Gasteiger partial charge in [0.05, 0.1) is 25.9 Å². The molecule has 0 aromatic rings. The molecule has 0 aromatic heterocycles. The van der Waals surface area contributed by atoms with Crippen molar-refractivity contribution in [3.63, 3.8) is 0 Å². The number of aliphatic hydroxyl groups excluding tert-OH is 1. The molecule has 35 heavy (non-hydrogen) atoms. The third-order valence-electron chi connectivity index (χ3n) is 7.04. The predicted molar refractivity (Wildman–Crippen MR) is 138 cm³/mol. The van der Waals surface area contributed by atoms with Gasteiger partial charge in [-0.2, -0.15) is 0 Å². The van der Waals surface area contributed by atoms with Gasteiger partial charge in [0, 0.05) is 13.7 Å². The molecule has 7 nitrogen and oxygen atoms in total. The van der Waals surface area contributed by atoms with Crippen LogP contribution in [0, 0.1) is 0 Å². The first-order valence-corrected chi connectivity index (χ1v) is 14.4. The maximum Gasteiger partial charge on any atom is 0.186 e. The van der Waals surface area contributed by atoms with Crippen LogP contribution in [0.25, 0.3) is 0 Å². The Morgan fingerprint density at radius 1 is 0.829 bits per heavy atom. The smallest absolute Gasteiger partial charge is 0.186 e. The van der Waals surface area contributed by atoms with Gasteiger partial charge in [-0.15, -0.1) is 0 Å². The van der Waals surface area contributed by atoms with Crippen LogP contribution < -0.4 is 0 Å². The van der Waals surface area contributed by atoms with Crippen LogP contribution >= 0.6 is 0 Å². The van der Waals surface area contributed by atoms with Crippen LogP contribution in [-0.2, 0) is 28.4 Å². The van der Waals surface area contributed by atoms with E-state index in [0.717, 1.165) is 32.3 Å². The Hall–Kier alpha value is -0.280. The Bertz CT molecular complexity index is 502. The van der Waals surface area contributed by atoms with Gasteiger partial charge in [0.25, 0.3) is 0 Å². The van der Waals surface area contributed by atoms with E-state index in [-0.39, 0.29) is 24.9 Å². The third kappa shape index (κ3) is 12.2. The maximum atomic E-state index is 10.1. The Morgan fingerprint density at radius 2 is 1.46 bits per heavy atom. The molecule has 208 valence electrons. The summed E-state index contributed by atoms with van der Waals surface area (Å²) in [4.78, 5) is 0. The molecule has 0 bridgehead atoms. The zero-order chi connectivity index (χ0) is 25.3. The Morgan fingerprint density at radius 3 is 2.06 bits per heavy atom. The van der Waals surface area contributed by atoms with E-state index < -0.39 is 24.6 Å². The van der Waals surface area contributed by atoms with Crippen LogP contribution in [0.1, 0.15) is 104 Å². The molecule has 2 aliphatic heterocycles. The average Bonchev–Trinajstić information content (AvgIpc) is 3.69. The topological polar surface area (TPSA) is 78.9 Å². The van der Waals surface area contributed by atoms with Gasteiger partial charge in [-0.05, 0) is 19.8 Å². The first-order chi connectivity index (χ1) is 17.1. The number of unbranched alkanes of at least 4 members (excludes halogenated alkanes) is 10. The minimum atomic E-state index is -0.616. The summed E-state index contributed by atoms with van der Waals surface area (Å²) >= 11 is 0. The molecule has 0 radical (unpaired) electrons. The van der Waals surface area contributed by atoms with Crippen molar-refractivity contribution < 1.29 is 33.5 Å². The summed E-state index contributed by atoms with van der Waals surface area (Å²) in [6.07, 6.45) is 13.7. The fraction of sp³-hybridized carbons (Fsp3) is 1.00. The summed E-state index contributed by atoms with van der Waals surface area (Å²) in [6.45, 7) is 8.25. The Balaban J connectivity index is 1.91. The van der Waals surface area contributed by atoms with Crippen LogP contribution in [0.4, 0.5) is 0 Å². The lowest BCUT2D eigenvalue weighted by atomic mass is 9.97. The van der Waals surface area contributed by atoms with Crippen molar-refractivity contribution in [2.75, 3.05) is 33.5 Å². The molecule has 2 saturated heterocycles. The van der Waals surface area contributed by atoms with Crippen LogP contribution in [0.2, 0.25) is 0 Å². The second kappa shape index (κ2) is 18.9. The van der Waals surface area contributed by atoms with Gasteiger partial charge in [0.15, 0.2) is 6.29 Å². The molecule has 3 unspecified atom stereocenters. The molecular formula is C28H54O7. The number of aliphatic hydroxyl groups is 1. The van der Waals surface area contributed by atoms with Gasteiger partial charge < -0.3 is 33.5 Å². The molecular weight excluding hydrogens is 448 g/mol. The highest BCUT2D eigenvalue weighted by atomic mass is 16.7. The minimum absolute atomic E-state index is 0.0505. The Kier molecular flexibility index (Phi) is 16.7. The molecule has 0 saturated carbocycles. The minimum Gasteiger partial charge on any atom is -0.394 e. The molecule has 2 fully saturated rings. The SMILES string of the molecule is CCCCCCCCCCCO[C@H]1[C@H](OC(C)CCCCC)[C@@H](CO)OC(OC)[C@@H]1OCC1CO1. The van der Waals surface area contributed by atoms with Crippen LogP contribution in [0.15, 0.2) is 0 Å². The molecule has 2 aliphatic rings. The molecule has 0 aliphatic carbocycles. The number of rotatable bonds is 22. The van der Waals surface area contributed by atoms with Crippen LogP contribution in [0.3, 0.4) is 0 Å². The zero-order valence-corrected chi connectivity index (χ0v) is 23.0. The van der Waals surface area contributed by atoms with Crippen molar-refractivity contribution >= 4 is 0 Å². The van der Waals surface area contributed by atoms with E-state index in [9.17, 15) is 5.11 Å². The lowest BCUT2D eigenvalue weighted by Crippen LogP contribution is -2.62. The molecule has 2 heterocycles. The number of hydrogen-bond donors (Lipinski definition) is 1. The molecule has 0 amide bonds. The molecule has 7 atom stereocenters. The maximum absolute atomic E-state index is 10.1. The van der Waals surface area contributed by atoms with Crippen molar-refractivity contribution in [3.05, 3.63) is 0 Å². The van der Waals surface area contributed by atoms with E-state index in [1.165, 1.54) is 57.8 Å². The molecule has 1 N–H and O–H groups in total. The van der Waals surface area contributed by atoms with Gasteiger partial charge in [-0.3, -0.25) is 0 Å². The van der Waals surface area contributed by atoms with Gasteiger partial charge in [0.2, 0.25) is 0 Å². The highest BCUT2D eigenvalue weighted by Crippen LogP contribution is 2.31. The first-order valence-electron chi connectivity index (χ1n) is 14.4. The normalized spacial score (nSPS) is 29.4. The highest BCUT2D eigenvalue weighted by molar-refractivity contribution is 4.93. The van der Waals surface area contributed by atoms with E-state index in [4.69, 9.17) is 28.4 Å². The lowest BCUT2D eigenvalue weighted by molar-refractivity contribution is -0.321. The summed E-state index contributed by atoms with van der Waals surface area (Å²) in [7, 11) is 1.61. The van der Waals surface area contributed by atoms with Crippen molar-refractivity contribution in [2.45, 2.75) is 147 Å². The van der Waals surface area contributed by atoms with E-state index >= 15 is 0 Å². The third-order valence-corrected chi connectivity index (χ3v) is 7.04. The standard InChI is InChI=1S/C28H54O7/c1-5-7-9-10-11-12-13-14-16-18-31-26-25(34-22(3)17-15-8-6-2)24(19-29)35-28(30-4)27(26)33-21-23-20-32-23/h22-29H,5-21H2,1-4H3/t22?,23?,24-,25-,26+,27-,28?/m1/s1. The number of methoxy groups -OCH3 is 1. The van der Waals surface area contributed by atoms with E-state index in [1.807, 2.05) is 0 Å². The number of hydrogen-bond acceptors (Lipinski definition) is 7. The number of ether oxygens (including phenoxy) is 6. The van der Waals surface area contributed by atoms with E-state index in [0.29, 0.717) is 13.2 Å². The van der Waals surface area contributed by atoms with Crippen molar-refractivity contribution in [3.8, 4) is 0 Å². The van der Waals surface area contributed by atoms with Gasteiger partial charge in [-0.1, -0.05) is 84.5 Å². The lowest BCUT2D eigenvalue weighted by Gasteiger charge is -2.45. The molecule has 0 spiro atoms. The van der Waals surface area contributed by atoms with Gasteiger partial charge in [0.1, 0.15) is 30.5 Å². The summed E-state index contributed by atoms with van der Waals surface area (Å²) in [5.74, 6) is 0. The van der Waals surface area contributed by atoms with Crippen LogP contribution in [0.5, 0.6) is 0 Å². The fourth-order valence-electron chi connectivity index (χ4n) is 4.78. The van der Waals surface area contributed by atoms with Crippen molar-refractivity contribution in [1.82, 2.24) is 0 Å². The highest BCUT2D eigenvalue weighted by Gasteiger charge is 2.49. The van der Waals surface area contributed by atoms with Gasteiger partial charge >= 0.3 is 0 Å². The monoisotopic (exact) mass is 502 g/mol. The average molecular weight is 503 g/mol. The van der Waals surface area contributed by atoms with E-state index in [2.05, 4.69) is 20.8 Å². The second-order valence-corrected chi connectivity index (χ2v) is 10.3. The predicted octanol–water partition coefficient (Wildman–Crippen LogP) is 5.40. The van der Waals surface area contributed by atoms with Gasteiger partial charge in [-0.25, -0.2) is 0 Å². The Labute approximate surface area is 214 Å². The second-order valence-electron chi connectivity index (χ2n) is 10.3. The summed E-state index contributed by atoms with van der Waals surface area (Å²) in [6, 6.07) is 0. The number of epoxide rings is 1. The first kappa shape index (κ1) is 30.9. The summed E-state index contributed by atoms with van der Waals surface area (Å²) in [5.41, 5.74) is 0. The summed E-state index contributed by atoms with van der Waals surface area (Å²) in [5, 5.41) is 10.1. The molecule has 2 rings (SSSR count).